The predicted molar refractivity (Wildman–Crippen MR) is 105 cm³/mol. The van der Waals surface area contributed by atoms with Crippen molar-refractivity contribution in [3.63, 3.8) is 0 Å². The molecule has 2 aromatic carbocycles. The Hall–Kier alpha value is -0.880. The lowest BCUT2D eigenvalue weighted by molar-refractivity contribution is 0.284. The molecule has 0 saturated carbocycles. The summed E-state index contributed by atoms with van der Waals surface area (Å²) in [4.78, 5) is 0. The number of ether oxygens (including phenoxy) is 2. The van der Waals surface area contributed by atoms with Crippen molar-refractivity contribution in [2.24, 2.45) is 0 Å². The van der Waals surface area contributed by atoms with Gasteiger partial charge in [-0.05, 0) is 29.8 Å². The topological polar surface area (TPSA) is 50.7 Å². The van der Waals surface area contributed by atoms with Crippen LogP contribution in [0.5, 0.6) is 11.5 Å². The van der Waals surface area contributed by atoms with Crippen LogP contribution in [0.2, 0.25) is 15.1 Å². The average molecular weight is 427 g/mol. The Kier molecular flexibility index (Phi) is 9.72. The van der Waals surface area contributed by atoms with E-state index < -0.39 is 0 Å². The van der Waals surface area contributed by atoms with Gasteiger partial charge in [-0.15, -0.1) is 12.4 Å². The van der Waals surface area contributed by atoms with Crippen LogP contribution in [0.3, 0.4) is 0 Å². The van der Waals surface area contributed by atoms with E-state index in [2.05, 4.69) is 5.32 Å². The number of methoxy groups -OCH3 is 1. The zero-order valence-electron chi connectivity index (χ0n) is 13.5. The van der Waals surface area contributed by atoms with Gasteiger partial charge < -0.3 is 19.9 Å². The summed E-state index contributed by atoms with van der Waals surface area (Å²) >= 11 is 18.4. The van der Waals surface area contributed by atoms with Gasteiger partial charge in [0.2, 0.25) is 0 Å². The third-order valence-corrected chi connectivity index (χ3v) is 4.16. The molecule has 138 valence electrons. The fourth-order valence-electron chi connectivity index (χ4n) is 2.12. The molecule has 0 spiro atoms. The second-order valence-electron chi connectivity index (χ2n) is 5.03. The summed E-state index contributed by atoms with van der Waals surface area (Å²) in [5.74, 6) is 0.990. The van der Waals surface area contributed by atoms with Crippen LogP contribution < -0.4 is 14.8 Å². The van der Waals surface area contributed by atoms with E-state index in [1.54, 1.807) is 31.4 Å². The molecule has 0 aliphatic rings. The van der Waals surface area contributed by atoms with Gasteiger partial charge in [-0.25, -0.2) is 0 Å². The van der Waals surface area contributed by atoms with E-state index in [1.165, 1.54) is 0 Å². The van der Waals surface area contributed by atoms with Crippen molar-refractivity contribution < 1.29 is 14.6 Å². The lowest BCUT2D eigenvalue weighted by Crippen LogP contribution is -2.17. The zero-order chi connectivity index (χ0) is 17.5. The maximum absolute atomic E-state index is 8.81. The Morgan fingerprint density at radius 2 is 1.84 bits per heavy atom. The van der Waals surface area contributed by atoms with Crippen LogP contribution in [0.15, 0.2) is 30.3 Å². The van der Waals surface area contributed by atoms with Crippen molar-refractivity contribution in [1.82, 2.24) is 5.32 Å². The van der Waals surface area contributed by atoms with E-state index in [0.29, 0.717) is 39.7 Å². The first kappa shape index (κ1) is 22.2. The summed E-state index contributed by atoms with van der Waals surface area (Å²) in [7, 11) is 1.55. The minimum atomic E-state index is 0. The predicted octanol–water partition coefficient (Wildman–Crippen LogP) is 4.74. The van der Waals surface area contributed by atoms with Crippen molar-refractivity contribution in [2.75, 3.05) is 20.3 Å². The second kappa shape index (κ2) is 11.0. The SMILES string of the molecule is COc1cc(CNCCO)cc(Cl)c1OCc1ccc(Cl)cc1Cl.Cl. The highest BCUT2D eigenvalue weighted by Gasteiger charge is 2.13. The Bertz CT molecular complexity index is 698. The quantitative estimate of drug-likeness (QED) is 0.598. The van der Waals surface area contributed by atoms with Gasteiger partial charge in [-0.3, -0.25) is 0 Å². The number of halogens is 4. The summed E-state index contributed by atoms with van der Waals surface area (Å²) < 4.78 is 11.2. The third kappa shape index (κ3) is 6.41. The smallest absolute Gasteiger partial charge is 0.180 e. The third-order valence-electron chi connectivity index (χ3n) is 3.29. The number of rotatable bonds is 8. The summed E-state index contributed by atoms with van der Waals surface area (Å²) in [6.45, 7) is 1.40. The van der Waals surface area contributed by atoms with E-state index >= 15 is 0 Å². The van der Waals surface area contributed by atoms with E-state index in [0.717, 1.165) is 11.1 Å². The van der Waals surface area contributed by atoms with Crippen LogP contribution >= 0.6 is 47.2 Å². The van der Waals surface area contributed by atoms with E-state index in [-0.39, 0.29) is 25.6 Å². The van der Waals surface area contributed by atoms with Crippen molar-refractivity contribution in [1.29, 1.82) is 0 Å². The molecule has 0 unspecified atom stereocenters. The molecule has 25 heavy (non-hydrogen) atoms. The van der Waals surface area contributed by atoms with Crippen LogP contribution in [0, 0.1) is 0 Å². The Balaban J connectivity index is 0.00000312. The Labute approximate surface area is 168 Å². The van der Waals surface area contributed by atoms with Gasteiger partial charge in [-0.1, -0.05) is 40.9 Å². The van der Waals surface area contributed by atoms with Gasteiger partial charge in [0.25, 0.3) is 0 Å². The van der Waals surface area contributed by atoms with Crippen molar-refractivity contribution in [2.45, 2.75) is 13.2 Å². The van der Waals surface area contributed by atoms with Crippen LogP contribution in [0.1, 0.15) is 11.1 Å². The van der Waals surface area contributed by atoms with Crippen LogP contribution in [0.25, 0.3) is 0 Å². The first-order valence-electron chi connectivity index (χ1n) is 7.30. The zero-order valence-corrected chi connectivity index (χ0v) is 16.6. The lowest BCUT2D eigenvalue weighted by atomic mass is 10.2. The van der Waals surface area contributed by atoms with Gasteiger partial charge in [0, 0.05) is 28.7 Å². The summed E-state index contributed by atoms with van der Waals surface area (Å²) in [5, 5.41) is 13.4. The van der Waals surface area contributed by atoms with Crippen molar-refractivity contribution in [3.05, 3.63) is 56.5 Å². The fraction of sp³-hybridized carbons (Fsp3) is 0.294. The van der Waals surface area contributed by atoms with Crippen LogP contribution in [-0.4, -0.2) is 25.4 Å². The number of aliphatic hydroxyl groups is 1. The first-order chi connectivity index (χ1) is 11.5. The molecular formula is C17H19Cl4NO3. The van der Waals surface area contributed by atoms with Gasteiger partial charge in [0.15, 0.2) is 11.5 Å². The molecule has 0 atom stereocenters. The number of hydrogen-bond acceptors (Lipinski definition) is 4. The molecule has 2 aromatic rings. The number of benzene rings is 2. The first-order valence-corrected chi connectivity index (χ1v) is 8.43. The molecule has 8 heteroatoms. The Morgan fingerprint density at radius 1 is 1.08 bits per heavy atom. The molecule has 0 heterocycles. The molecule has 4 nitrogen and oxygen atoms in total. The molecule has 2 N–H and O–H groups in total. The molecule has 0 amide bonds. The molecular weight excluding hydrogens is 408 g/mol. The minimum absolute atomic E-state index is 0. The van der Waals surface area contributed by atoms with E-state index in [1.807, 2.05) is 6.07 Å². The lowest BCUT2D eigenvalue weighted by Gasteiger charge is -2.15. The average Bonchev–Trinajstić information content (AvgIpc) is 2.55. The van der Waals surface area contributed by atoms with Crippen LogP contribution in [0.4, 0.5) is 0 Å². The largest absolute Gasteiger partial charge is 0.493 e. The van der Waals surface area contributed by atoms with Gasteiger partial charge in [0.05, 0.1) is 18.7 Å². The van der Waals surface area contributed by atoms with Crippen molar-refractivity contribution >= 4 is 47.2 Å². The molecule has 0 aromatic heterocycles. The van der Waals surface area contributed by atoms with E-state index in [4.69, 9.17) is 49.4 Å². The van der Waals surface area contributed by atoms with Gasteiger partial charge in [-0.2, -0.15) is 0 Å². The monoisotopic (exact) mass is 425 g/mol. The Morgan fingerprint density at radius 3 is 2.48 bits per heavy atom. The van der Waals surface area contributed by atoms with Gasteiger partial charge in [0.1, 0.15) is 6.61 Å². The van der Waals surface area contributed by atoms with Crippen LogP contribution in [-0.2, 0) is 13.2 Å². The molecule has 0 aliphatic carbocycles. The molecule has 2 rings (SSSR count). The van der Waals surface area contributed by atoms with Gasteiger partial charge >= 0.3 is 0 Å². The maximum Gasteiger partial charge on any atom is 0.180 e. The fourth-order valence-corrected chi connectivity index (χ4v) is 2.87. The van der Waals surface area contributed by atoms with Crippen molar-refractivity contribution in [3.8, 4) is 11.5 Å². The summed E-state index contributed by atoms with van der Waals surface area (Å²) in [5.41, 5.74) is 1.73. The number of nitrogens with one attached hydrogen (secondary N) is 1. The molecule has 0 aliphatic heterocycles. The minimum Gasteiger partial charge on any atom is -0.493 e. The summed E-state index contributed by atoms with van der Waals surface area (Å²) in [6, 6.07) is 8.86. The molecule has 0 fully saturated rings. The standard InChI is InChI=1S/C17H18Cl3NO3.ClH/c1-23-16-7-11(9-21-4-5-22)6-15(20)17(16)24-10-12-2-3-13(18)8-14(12)19;/h2-3,6-8,21-22H,4-5,9-10H2,1H3;1H. The molecule has 0 radical (unpaired) electrons. The highest BCUT2D eigenvalue weighted by molar-refractivity contribution is 6.35. The summed E-state index contributed by atoms with van der Waals surface area (Å²) in [6.07, 6.45) is 0. The number of aliphatic hydroxyl groups excluding tert-OH is 1. The highest BCUT2D eigenvalue weighted by Crippen LogP contribution is 2.37. The van der Waals surface area contributed by atoms with E-state index in [9.17, 15) is 0 Å². The molecule has 0 bridgehead atoms. The number of hydrogen-bond donors (Lipinski definition) is 2. The second-order valence-corrected chi connectivity index (χ2v) is 6.28. The molecule has 0 saturated heterocycles. The normalized spacial score (nSPS) is 10.3. The highest BCUT2D eigenvalue weighted by atomic mass is 35.5. The maximum atomic E-state index is 8.81.